The van der Waals surface area contributed by atoms with Crippen molar-refractivity contribution in [2.75, 3.05) is 11.9 Å². The summed E-state index contributed by atoms with van der Waals surface area (Å²) in [4.78, 5) is 22.4. The van der Waals surface area contributed by atoms with E-state index in [1.807, 2.05) is 62.4 Å². The molecule has 0 saturated carbocycles. The molecule has 0 aliphatic carbocycles. The van der Waals surface area contributed by atoms with Gasteiger partial charge in [-0.15, -0.1) is 11.3 Å². The number of nitrogens with zero attached hydrogens (tertiary/aromatic N) is 2. The summed E-state index contributed by atoms with van der Waals surface area (Å²) in [7, 11) is 0. The van der Waals surface area contributed by atoms with Gasteiger partial charge >= 0.3 is 0 Å². The van der Waals surface area contributed by atoms with E-state index in [1.165, 1.54) is 22.7 Å². The van der Waals surface area contributed by atoms with Crippen molar-refractivity contribution in [3.8, 4) is 16.3 Å². The first-order chi connectivity index (χ1) is 13.2. The maximum atomic E-state index is 12.8. The lowest BCUT2D eigenvalue weighted by Gasteiger charge is -2.02. The number of amides is 1. The molecule has 0 radical (unpaired) electrons. The molecule has 0 spiro atoms. The molecular weight excluding hydrogens is 378 g/mol. The van der Waals surface area contributed by atoms with Crippen LogP contribution in [0, 0.1) is 6.92 Å². The molecule has 0 aliphatic heterocycles. The molecule has 4 aromatic rings. The Morgan fingerprint density at radius 3 is 2.67 bits per heavy atom. The molecule has 0 saturated heterocycles. The number of carbonyl (C=O) groups is 1. The minimum atomic E-state index is -0.191. The number of carbonyl (C=O) groups excluding carboxylic acids is 1. The fourth-order valence-electron chi connectivity index (χ4n) is 2.71. The second kappa shape index (κ2) is 7.46. The molecule has 27 heavy (non-hydrogen) atoms. The zero-order chi connectivity index (χ0) is 18.8. The van der Waals surface area contributed by atoms with E-state index >= 15 is 0 Å². The molecule has 1 amide bonds. The summed E-state index contributed by atoms with van der Waals surface area (Å²) >= 11 is 2.82. The van der Waals surface area contributed by atoms with Gasteiger partial charge in [-0.25, -0.2) is 9.97 Å². The van der Waals surface area contributed by atoms with Crippen molar-refractivity contribution in [1.29, 1.82) is 0 Å². The maximum absolute atomic E-state index is 12.8. The van der Waals surface area contributed by atoms with E-state index in [4.69, 9.17) is 4.74 Å². The molecular formula is C20H17N3O2S2. The van der Waals surface area contributed by atoms with Crippen LogP contribution in [0.5, 0.6) is 5.75 Å². The van der Waals surface area contributed by atoms with Gasteiger partial charge in [0, 0.05) is 5.56 Å². The molecule has 2 heterocycles. The second-order valence-electron chi connectivity index (χ2n) is 5.81. The summed E-state index contributed by atoms with van der Waals surface area (Å²) in [5, 5.41) is 4.29. The average molecular weight is 396 g/mol. The van der Waals surface area contributed by atoms with Gasteiger partial charge in [0.1, 0.15) is 21.2 Å². The Kier molecular flexibility index (Phi) is 4.87. The van der Waals surface area contributed by atoms with Crippen molar-refractivity contribution in [2.24, 2.45) is 0 Å². The fourth-order valence-corrected chi connectivity index (χ4v) is 4.56. The van der Waals surface area contributed by atoms with Crippen LogP contribution < -0.4 is 10.1 Å². The van der Waals surface area contributed by atoms with Gasteiger partial charge in [0.25, 0.3) is 5.91 Å². The Labute approximate surface area is 164 Å². The van der Waals surface area contributed by atoms with Crippen molar-refractivity contribution in [1.82, 2.24) is 9.97 Å². The highest BCUT2D eigenvalue weighted by atomic mass is 32.1. The third kappa shape index (κ3) is 3.56. The number of benzene rings is 2. The minimum absolute atomic E-state index is 0.191. The Bertz CT molecular complexity index is 1100. The van der Waals surface area contributed by atoms with Gasteiger partial charge in [0.15, 0.2) is 5.13 Å². The first kappa shape index (κ1) is 17.6. The summed E-state index contributed by atoms with van der Waals surface area (Å²) in [6.07, 6.45) is 0. The molecule has 0 fully saturated rings. The molecule has 5 nitrogen and oxygen atoms in total. The number of hydrogen-bond acceptors (Lipinski definition) is 6. The maximum Gasteiger partial charge on any atom is 0.269 e. The summed E-state index contributed by atoms with van der Waals surface area (Å²) in [5.74, 6) is 0.538. The predicted molar refractivity (Wildman–Crippen MR) is 111 cm³/mol. The smallest absolute Gasteiger partial charge is 0.269 e. The van der Waals surface area contributed by atoms with Crippen LogP contribution in [0.15, 0.2) is 48.5 Å². The Morgan fingerprint density at radius 2 is 1.89 bits per heavy atom. The summed E-state index contributed by atoms with van der Waals surface area (Å²) in [6, 6.07) is 15.6. The Morgan fingerprint density at radius 1 is 1.07 bits per heavy atom. The van der Waals surface area contributed by atoms with E-state index in [9.17, 15) is 4.79 Å². The largest absolute Gasteiger partial charge is 0.492 e. The van der Waals surface area contributed by atoms with Crippen molar-refractivity contribution >= 4 is 43.9 Å². The highest BCUT2D eigenvalue weighted by Crippen LogP contribution is 2.33. The van der Waals surface area contributed by atoms with E-state index in [-0.39, 0.29) is 5.91 Å². The molecule has 136 valence electrons. The topological polar surface area (TPSA) is 64.1 Å². The third-order valence-electron chi connectivity index (χ3n) is 3.93. The minimum Gasteiger partial charge on any atom is -0.492 e. The molecule has 0 bridgehead atoms. The molecule has 0 atom stereocenters. The molecule has 2 aromatic heterocycles. The van der Waals surface area contributed by atoms with Crippen molar-refractivity contribution in [3.05, 3.63) is 59.1 Å². The summed E-state index contributed by atoms with van der Waals surface area (Å²) in [6.45, 7) is 4.36. The second-order valence-corrected chi connectivity index (χ2v) is 7.84. The van der Waals surface area contributed by atoms with Crippen LogP contribution >= 0.6 is 22.7 Å². The molecule has 7 heteroatoms. The number of fused-ring (bicyclic) bond motifs is 1. The van der Waals surface area contributed by atoms with Crippen molar-refractivity contribution < 1.29 is 9.53 Å². The average Bonchev–Trinajstić information content (AvgIpc) is 3.26. The number of rotatable bonds is 5. The van der Waals surface area contributed by atoms with Gasteiger partial charge in [-0.05, 0) is 26.0 Å². The van der Waals surface area contributed by atoms with E-state index in [0.29, 0.717) is 22.3 Å². The van der Waals surface area contributed by atoms with Crippen LogP contribution in [0.1, 0.15) is 22.3 Å². The van der Waals surface area contributed by atoms with Crippen LogP contribution in [-0.2, 0) is 0 Å². The number of aryl methyl sites for hydroxylation is 1. The highest BCUT2D eigenvalue weighted by molar-refractivity contribution is 7.22. The van der Waals surface area contributed by atoms with Gasteiger partial charge in [-0.2, -0.15) is 0 Å². The number of aromatic nitrogens is 2. The van der Waals surface area contributed by atoms with Crippen molar-refractivity contribution in [2.45, 2.75) is 13.8 Å². The summed E-state index contributed by atoms with van der Waals surface area (Å²) in [5.41, 5.74) is 2.49. The first-order valence-electron chi connectivity index (χ1n) is 8.52. The van der Waals surface area contributed by atoms with E-state index in [2.05, 4.69) is 15.3 Å². The number of thiazole rings is 2. The van der Waals surface area contributed by atoms with Crippen molar-refractivity contribution in [3.63, 3.8) is 0 Å². The number of nitrogens with one attached hydrogen (secondary N) is 1. The standard InChI is InChI=1S/C20H17N3O2S2/c1-3-25-14-10-7-11-15-16(14)22-20(26-15)23-18(24)17-12(2)21-19(27-17)13-8-5-4-6-9-13/h4-11H,3H2,1-2H3,(H,22,23,24). The van der Waals surface area contributed by atoms with Crippen LogP contribution in [0.2, 0.25) is 0 Å². The quantitative estimate of drug-likeness (QED) is 0.493. The number of para-hydroxylation sites is 1. The van der Waals surface area contributed by atoms with Gasteiger partial charge in [0.2, 0.25) is 0 Å². The normalized spacial score (nSPS) is 10.9. The first-order valence-corrected chi connectivity index (χ1v) is 10.2. The van der Waals surface area contributed by atoms with E-state index in [0.717, 1.165) is 26.5 Å². The van der Waals surface area contributed by atoms with Crippen LogP contribution in [0.4, 0.5) is 5.13 Å². The van der Waals surface area contributed by atoms with Crippen LogP contribution in [0.25, 0.3) is 20.8 Å². The monoisotopic (exact) mass is 395 g/mol. The molecule has 1 N–H and O–H groups in total. The molecule has 0 aliphatic rings. The SMILES string of the molecule is CCOc1cccc2sc(NC(=O)c3sc(-c4ccccc4)nc3C)nc12. The third-order valence-corrected chi connectivity index (χ3v) is 6.07. The molecule has 0 unspecified atom stereocenters. The predicted octanol–water partition coefficient (Wildman–Crippen LogP) is 5.38. The van der Waals surface area contributed by atoms with Gasteiger partial charge < -0.3 is 4.74 Å². The Hall–Kier alpha value is -2.77. The van der Waals surface area contributed by atoms with Crippen LogP contribution in [0.3, 0.4) is 0 Å². The highest BCUT2D eigenvalue weighted by Gasteiger charge is 2.18. The van der Waals surface area contributed by atoms with Gasteiger partial charge in [-0.1, -0.05) is 47.7 Å². The number of hydrogen-bond donors (Lipinski definition) is 1. The lowest BCUT2D eigenvalue weighted by atomic mass is 10.2. The van der Waals surface area contributed by atoms with E-state index < -0.39 is 0 Å². The number of anilines is 1. The zero-order valence-corrected chi connectivity index (χ0v) is 16.5. The summed E-state index contributed by atoms with van der Waals surface area (Å²) < 4.78 is 6.59. The van der Waals surface area contributed by atoms with Gasteiger partial charge in [-0.3, -0.25) is 10.1 Å². The molecule has 2 aromatic carbocycles. The number of ether oxygens (including phenoxy) is 1. The lowest BCUT2D eigenvalue weighted by Crippen LogP contribution is -2.11. The Balaban J connectivity index is 1.60. The fraction of sp³-hybridized carbons (Fsp3) is 0.150. The molecule has 4 rings (SSSR count). The zero-order valence-electron chi connectivity index (χ0n) is 14.9. The van der Waals surface area contributed by atoms with Gasteiger partial charge in [0.05, 0.1) is 17.0 Å². The lowest BCUT2D eigenvalue weighted by molar-refractivity contribution is 0.103. The van der Waals surface area contributed by atoms with E-state index in [1.54, 1.807) is 0 Å². The van der Waals surface area contributed by atoms with Crippen LogP contribution in [-0.4, -0.2) is 22.5 Å².